The maximum absolute atomic E-state index is 13.7. The smallest absolute Gasteiger partial charge is 0.452 e. The molecule has 4 aromatic rings. The summed E-state index contributed by atoms with van der Waals surface area (Å²) in [6.45, 7) is 1.05. The minimum Gasteiger partial charge on any atom is -0.452 e. The number of nitrogens with one attached hydrogen (secondary N) is 2. The Morgan fingerprint density at radius 2 is 1.86 bits per heavy atom. The Morgan fingerprint density at radius 1 is 1.14 bits per heavy atom. The van der Waals surface area contributed by atoms with E-state index in [0.29, 0.717) is 10.2 Å². The summed E-state index contributed by atoms with van der Waals surface area (Å²) in [5, 5.41) is 17.4. The zero-order chi connectivity index (χ0) is 30.8. The van der Waals surface area contributed by atoms with Gasteiger partial charge in [0, 0.05) is 12.7 Å². The zero-order valence-corrected chi connectivity index (χ0v) is 22.9. The molecule has 0 bridgehead atoms. The Balaban J connectivity index is 1.74. The number of hydrazine groups is 1. The molecule has 0 unspecified atom stereocenters. The fraction of sp³-hybridized carbons (Fsp3) is 0.208. The second-order valence-corrected chi connectivity index (χ2v) is 9.13. The van der Waals surface area contributed by atoms with Crippen molar-refractivity contribution in [3.8, 4) is 5.69 Å². The molecule has 42 heavy (non-hydrogen) atoms. The fourth-order valence-corrected chi connectivity index (χ4v) is 4.09. The number of aryl methyl sites for hydroxylation is 1. The molecule has 0 aliphatic carbocycles. The average Bonchev–Trinajstić information content (AvgIpc) is 3.57. The number of para-hydroxylation sites is 1. The first-order chi connectivity index (χ1) is 19.8. The largest absolute Gasteiger partial charge is 0.453 e. The number of nitrogen functional groups attached to an aromatic ring is 1. The van der Waals surface area contributed by atoms with E-state index in [1.165, 1.54) is 31.3 Å². The molecular formula is C24H22ClF3N10O4. The maximum atomic E-state index is 13.7. The van der Waals surface area contributed by atoms with Crippen LogP contribution >= 0.6 is 11.6 Å². The van der Waals surface area contributed by atoms with E-state index in [2.05, 4.69) is 36.1 Å². The number of rotatable bonds is 6. The summed E-state index contributed by atoms with van der Waals surface area (Å²) in [4.78, 5) is 38.4. The fourth-order valence-electron chi connectivity index (χ4n) is 3.88. The van der Waals surface area contributed by atoms with Gasteiger partial charge in [-0.15, -0.1) is 5.10 Å². The van der Waals surface area contributed by atoms with E-state index in [1.807, 2.05) is 0 Å². The number of hydrogen-bond donors (Lipinski definition) is 3. The van der Waals surface area contributed by atoms with Crippen LogP contribution in [0.1, 0.15) is 37.9 Å². The van der Waals surface area contributed by atoms with Crippen molar-refractivity contribution in [1.29, 1.82) is 0 Å². The average molecular weight is 607 g/mol. The SMILES string of the molecule is COC(=O)N(C)NC(=O)c1cc(N)cc(C)c1NC(=O)c1cc(Cn2nnnc2C(F)(F)F)nn1-c1ccccc1Cl. The molecule has 3 amide bonds. The van der Waals surface area contributed by atoms with Gasteiger partial charge in [-0.3, -0.25) is 15.0 Å². The number of tetrazole rings is 1. The Morgan fingerprint density at radius 3 is 2.52 bits per heavy atom. The second kappa shape index (κ2) is 11.7. The number of aromatic nitrogens is 6. The first kappa shape index (κ1) is 29.8. The van der Waals surface area contributed by atoms with Gasteiger partial charge in [-0.25, -0.2) is 19.2 Å². The van der Waals surface area contributed by atoms with Crippen LogP contribution in [0.4, 0.5) is 29.3 Å². The van der Waals surface area contributed by atoms with Crippen molar-refractivity contribution in [1.82, 2.24) is 40.4 Å². The van der Waals surface area contributed by atoms with Crippen molar-refractivity contribution in [2.75, 3.05) is 25.2 Å². The minimum atomic E-state index is -4.83. The number of amides is 3. The normalized spacial score (nSPS) is 11.2. The molecule has 2 heterocycles. The minimum absolute atomic E-state index is 0.00966. The van der Waals surface area contributed by atoms with Gasteiger partial charge in [0.1, 0.15) is 5.69 Å². The van der Waals surface area contributed by atoms with Crippen LogP contribution in [0.15, 0.2) is 42.5 Å². The number of alkyl halides is 3. The van der Waals surface area contributed by atoms with E-state index in [-0.39, 0.29) is 39.0 Å². The molecule has 0 saturated carbocycles. The van der Waals surface area contributed by atoms with Crippen molar-refractivity contribution in [2.45, 2.75) is 19.6 Å². The van der Waals surface area contributed by atoms with E-state index >= 15 is 0 Å². The number of halogens is 4. The van der Waals surface area contributed by atoms with Crippen LogP contribution in [0.2, 0.25) is 5.02 Å². The highest BCUT2D eigenvalue weighted by molar-refractivity contribution is 6.32. The predicted octanol–water partition coefficient (Wildman–Crippen LogP) is 3.07. The predicted molar refractivity (Wildman–Crippen MR) is 142 cm³/mol. The van der Waals surface area contributed by atoms with Crippen molar-refractivity contribution in [3.63, 3.8) is 0 Å². The van der Waals surface area contributed by atoms with E-state index in [1.54, 1.807) is 25.1 Å². The first-order valence-electron chi connectivity index (χ1n) is 11.8. The van der Waals surface area contributed by atoms with Crippen molar-refractivity contribution in [2.24, 2.45) is 0 Å². The summed E-state index contributed by atoms with van der Waals surface area (Å²) in [6, 6.07) is 10.4. The molecule has 0 aliphatic rings. The van der Waals surface area contributed by atoms with Crippen LogP contribution in [-0.2, 0) is 17.5 Å². The highest BCUT2D eigenvalue weighted by Crippen LogP contribution is 2.29. The number of ether oxygens (including phenoxy) is 1. The van der Waals surface area contributed by atoms with Gasteiger partial charge in [-0.2, -0.15) is 18.3 Å². The standard InChI is InChI=1S/C24H22ClF3N10O4/c1-12-8-13(29)9-15(20(39)33-36(2)23(41)42-3)19(12)30-21(40)18-10-14(11-37-22(24(26,27)28)31-34-35-37)32-38(18)17-7-5-4-6-16(17)25/h4-10H,11,29H2,1-3H3,(H,30,40)(H,33,39). The van der Waals surface area contributed by atoms with Gasteiger partial charge in [0.25, 0.3) is 17.6 Å². The molecule has 0 aliphatic heterocycles. The van der Waals surface area contributed by atoms with Crippen molar-refractivity contribution < 1.29 is 32.3 Å². The van der Waals surface area contributed by atoms with Gasteiger partial charge >= 0.3 is 12.3 Å². The van der Waals surface area contributed by atoms with E-state index in [4.69, 9.17) is 17.3 Å². The van der Waals surface area contributed by atoms with Crippen molar-refractivity contribution in [3.05, 3.63) is 75.8 Å². The van der Waals surface area contributed by atoms with E-state index in [9.17, 15) is 27.6 Å². The molecule has 0 atom stereocenters. The summed E-state index contributed by atoms with van der Waals surface area (Å²) in [7, 11) is 2.38. The number of anilines is 2. The zero-order valence-electron chi connectivity index (χ0n) is 22.1. The van der Waals surface area contributed by atoms with Crippen LogP contribution < -0.4 is 16.5 Å². The van der Waals surface area contributed by atoms with Gasteiger partial charge in [-0.1, -0.05) is 23.7 Å². The van der Waals surface area contributed by atoms with Crippen LogP contribution in [0.3, 0.4) is 0 Å². The quantitative estimate of drug-likeness (QED) is 0.220. The third-order valence-electron chi connectivity index (χ3n) is 5.73. The molecule has 0 radical (unpaired) electrons. The summed E-state index contributed by atoms with van der Waals surface area (Å²) in [5.41, 5.74) is 8.86. The number of nitrogens with two attached hydrogens (primary N) is 1. The molecule has 2 aromatic carbocycles. The molecule has 0 saturated heterocycles. The van der Waals surface area contributed by atoms with Gasteiger partial charge in [0.15, 0.2) is 0 Å². The van der Waals surface area contributed by atoms with Crippen LogP contribution in [0, 0.1) is 6.92 Å². The molecule has 0 fully saturated rings. The summed E-state index contributed by atoms with van der Waals surface area (Å²) >= 11 is 6.34. The van der Waals surface area contributed by atoms with Gasteiger partial charge in [0.05, 0.1) is 41.3 Å². The Kier molecular flexibility index (Phi) is 8.32. The molecule has 220 valence electrons. The molecule has 4 rings (SSSR count). The Bertz CT molecular complexity index is 1670. The molecule has 4 N–H and O–H groups in total. The van der Waals surface area contributed by atoms with Crippen LogP contribution in [0.25, 0.3) is 5.69 Å². The lowest BCUT2D eigenvalue weighted by molar-refractivity contribution is -0.147. The number of methoxy groups -OCH3 is 1. The molecule has 18 heteroatoms. The Hall–Kier alpha value is -5.19. The lowest BCUT2D eigenvalue weighted by Gasteiger charge is -2.19. The van der Waals surface area contributed by atoms with E-state index in [0.717, 1.165) is 16.8 Å². The molecular weight excluding hydrogens is 585 g/mol. The second-order valence-electron chi connectivity index (χ2n) is 8.73. The summed E-state index contributed by atoms with van der Waals surface area (Å²) < 4.78 is 46.2. The number of benzene rings is 2. The maximum Gasteiger partial charge on any atom is 0.453 e. The Labute approximate surface area is 240 Å². The highest BCUT2D eigenvalue weighted by Gasteiger charge is 2.38. The third-order valence-corrected chi connectivity index (χ3v) is 6.05. The van der Waals surface area contributed by atoms with Gasteiger partial charge < -0.3 is 15.8 Å². The highest BCUT2D eigenvalue weighted by atomic mass is 35.5. The number of carbonyl (C=O) groups is 3. The molecule has 2 aromatic heterocycles. The first-order valence-corrected chi connectivity index (χ1v) is 12.2. The van der Waals surface area contributed by atoms with Crippen molar-refractivity contribution >= 4 is 40.9 Å². The summed E-state index contributed by atoms with van der Waals surface area (Å²) in [6.07, 6.45) is -5.69. The number of hydrogen-bond acceptors (Lipinski definition) is 9. The van der Waals surface area contributed by atoms with Gasteiger partial charge in [0.2, 0.25) is 0 Å². The topological polar surface area (TPSA) is 175 Å². The monoisotopic (exact) mass is 606 g/mol. The third kappa shape index (κ3) is 6.25. The summed E-state index contributed by atoms with van der Waals surface area (Å²) in [5.74, 6) is -2.96. The lowest BCUT2D eigenvalue weighted by Crippen LogP contribution is -2.43. The van der Waals surface area contributed by atoms with E-state index < -0.39 is 36.5 Å². The van der Waals surface area contributed by atoms with Crippen LogP contribution in [-0.4, -0.2) is 67.1 Å². The lowest BCUT2D eigenvalue weighted by atomic mass is 10.1. The number of nitrogens with zero attached hydrogens (tertiary/aromatic N) is 7. The molecule has 0 spiro atoms. The van der Waals surface area contributed by atoms with Crippen LogP contribution in [0.5, 0.6) is 0 Å². The molecule has 14 nitrogen and oxygen atoms in total. The van der Waals surface area contributed by atoms with Gasteiger partial charge in [-0.05, 0) is 53.2 Å². The number of carbonyl (C=O) groups excluding carboxylic acids is 3.